The molecule has 0 spiro atoms. The SMILES string of the molecule is CC(=O)/C(=C\c1ccc2c(c1)OCCO2)C(=O)Nc1ccccc1. The standard InChI is InChI=1S/C19H17NO4/c1-13(21)16(19(22)20-15-5-3-2-4-6-15)11-14-7-8-17-18(12-14)24-10-9-23-17/h2-8,11-12H,9-10H2,1H3,(H,20,22)/b16-11+. The molecule has 1 aliphatic heterocycles. The number of rotatable bonds is 4. The summed E-state index contributed by atoms with van der Waals surface area (Å²) in [5.41, 5.74) is 1.42. The Balaban J connectivity index is 1.86. The highest BCUT2D eigenvalue weighted by Gasteiger charge is 2.16. The molecule has 0 aliphatic carbocycles. The first-order valence-electron chi connectivity index (χ1n) is 7.62. The van der Waals surface area contributed by atoms with Crippen molar-refractivity contribution in [3.05, 3.63) is 59.7 Å². The summed E-state index contributed by atoms with van der Waals surface area (Å²) in [5, 5.41) is 2.72. The van der Waals surface area contributed by atoms with E-state index in [1.165, 1.54) is 6.92 Å². The van der Waals surface area contributed by atoms with E-state index in [4.69, 9.17) is 9.47 Å². The third-order valence-corrected chi connectivity index (χ3v) is 3.53. The number of nitrogens with one attached hydrogen (secondary N) is 1. The zero-order valence-corrected chi connectivity index (χ0v) is 13.2. The van der Waals surface area contributed by atoms with E-state index in [1.54, 1.807) is 36.4 Å². The van der Waals surface area contributed by atoms with Crippen molar-refractivity contribution in [2.24, 2.45) is 0 Å². The zero-order chi connectivity index (χ0) is 16.9. The van der Waals surface area contributed by atoms with Crippen LogP contribution in [0, 0.1) is 0 Å². The fraction of sp³-hybridized carbons (Fsp3) is 0.158. The number of hydrogen-bond donors (Lipinski definition) is 1. The van der Waals surface area contributed by atoms with Gasteiger partial charge in [0.15, 0.2) is 17.3 Å². The third kappa shape index (κ3) is 3.63. The average Bonchev–Trinajstić information content (AvgIpc) is 2.60. The van der Waals surface area contributed by atoms with Crippen molar-refractivity contribution < 1.29 is 19.1 Å². The third-order valence-electron chi connectivity index (χ3n) is 3.53. The maximum atomic E-state index is 12.4. The summed E-state index contributed by atoms with van der Waals surface area (Å²) < 4.78 is 11.0. The van der Waals surface area contributed by atoms with Gasteiger partial charge >= 0.3 is 0 Å². The van der Waals surface area contributed by atoms with Crippen LogP contribution in [0.25, 0.3) is 6.08 Å². The first kappa shape index (κ1) is 15.8. The molecule has 0 bridgehead atoms. The number of hydrogen-bond acceptors (Lipinski definition) is 4. The number of carbonyl (C=O) groups excluding carboxylic acids is 2. The molecular formula is C19H17NO4. The number of fused-ring (bicyclic) bond motifs is 1. The molecule has 1 aliphatic rings. The number of benzene rings is 2. The Morgan fingerprint density at radius 2 is 1.71 bits per heavy atom. The Morgan fingerprint density at radius 3 is 2.42 bits per heavy atom. The van der Waals surface area contributed by atoms with Crippen molar-refractivity contribution in [2.75, 3.05) is 18.5 Å². The summed E-state index contributed by atoms with van der Waals surface area (Å²) in [6.07, 6.45) is 1.55. The van der Waals surface area contributed by atoms with Gasteiger partial charge in [-0.1, -0.05) is 24.3 Å². The highest BCUT2D eigenvalue weighted by molar-refractivity contribution is 6.25. The van der Waals surface area contributed by atoms with E-state index < -0.39 is 5.91 Å². The topological polar surface area (TPSA) is 64.6 Å². The van der Waals surface area contributed by atoms with Crippen molar-refractivity contribution in [3.8, 4) is 11.5 Å². The molecule has 122 valence electrons. The largest absolute Gasteiger partial charge is 0.486 e. The van der Waals surface area contributed by atoms with E-state index in [1.807, 2.05) is 18.2 Å². The maximum Gasteiger partial charge on any atom is 0.259 e. The van der Waals surface area contributed by atoms with Gasteiger partial charge in [-0.15, -0.1) is 0 Å². The lowest BCUT2D eigenvalue weighted by atomic mass is 10.1. The van der Waals surface area contributed by atoms with E-state index >= 15 is 0 Å². The van der Waals surface area contributed by atoms with Gasteiger partial charge in [0.25, 0.3) is 5.91 Å². The molecule has 0 unspecified atom stereocenters. The molecule has 0 radical (unpaired) electrons. The summed E-state index contributed by atoms with van der Waals surface area (Å²) in [5.74, 6) is 0.528. The van der Waals surface area contributed by atoms with Crippen LogP contribution >= 0.6 is 0 Å². The summed E-state index contributed by atoms with van der Waals surface area (Å²) in [7, 11) is 0. The molecule has 0 fully saturated rings. The van der Waals surface area contributed by atoms with E-state index in [-0.39, 0.29) is 11.4 Å². The monoisotopic (exact) mass is 323 g/mol. The molecule has 1 amide bonds. The fourth-order valence-electron chi connectivity index (χ4n) is 2.36. The van der Waals surface area contributed by atoms with Crippen LogP contribution < -0.4 is 14.8 Å². The predicted octanol–water partition coefficient (Wildman–Crippen LogP) is 3.07. The van der Waals surface area contributed by atoms with Crippen molar-refractivity contribution >= 4 is 23.5 Å². The second-order valence-electron chi connectivity index (χ2n) is 5.34. The van der Waals surface area contributed by atoms with Gasteiger partial charge in [0.1, 0.15) is 13.2 Å². The normalized spacial score (nSPS) is 13.3. The maximum absolute atomic E-state index is 12.4. The number of amides is 1. The van der Waals surface area contributed by atoms with Crippen molar-refractivity contribution in [3.63, 3.8) is 0 Å². The summed E-state index contributed by atoms with van der Waals surface area (Å²) >= 11 is 0. The minimum absolute atomic E-state index is 0.0792. The van der Waals surface area contributed by atoms with Crippen molar-refractivity contribution in [2.45, 2.75) is 6.92 Å². The molecule has 1 N–H and O–H groups in total. The lowest BCUT2D eigenvalue weighted by Gasteiger charge is -2.18. The second kappa shape index (κ2) is 7.00. The van der Waals surface area contributed by atoms with Crippen LogP contribution in [0.3, 0.4) is 0 Å². The van der Waals surface area contributed by atoms with E-state index in [0.717, 1.165) is 0 Å². The molecule has 2 aromatic carbocycles. The molecule has 1 heterocycles. The van der Waals surface area contributed by atoms with Gasteiger partial charge in [0, 0.05) is 5.69 Å². The molecule has 0 saturated heterocycles. The summed E-state index contributed by atoms with van der Waals surface area (Å²) in [6.45, 7) is 2.36. The quantitative estimate of drug-likeness (QED) is 0.533. The Hall–Kier alpha value is -3.08. The number of anilines is 1. The van der Waals surface area contributed by atoms with Gasteiger partial charge in [-0.05, 0) is 42.8 Å². The lowest BCUT2D eigenvalue weighted by Crippen LogP contribution is -2.19. The van der Waals surface area contributed by atoms with Gasteiger partial charge in [-0.25, -0.2) is 0 Å². The lowest BCUT2D eigenvalue weighted by molar-refractivity contribution is -0.118. The minimum atomic E-state index is -0.441. The summed E-state index contributed by atoms with van der Waals surface area (Å²) in [6, 6.07) is 14.3. The molecule has 24 heavy (non-hydrogen) atoms. The van der Waals surface area contributed by atoms with Crippen LogP contribution in [0.2, 0.25) is 0 Å². The first-order valence-corrected chi connectivity index (χ1v) is 7.62. The van der Waals surface area contributed by atoms with Crippen LogP contribution in [0.5, 0.6) is 11.5 Å². The molecule has 0 atom stereocenters. The van der Waals surface area contributed by atoms with Crippen LogP contribution in [0.15, 0.2) is 54.1 Å². The molecule has 0 saturated carbocycles. The molecule has 5 heteroatoms. The Bertz CT molecular complexity index is 796. The number of ketones is 1. The van der Waals surface area contributed by atoms with E-state index in [2.05, 4.69) is 5.32 Å². The van der Waals surface area contributed by atoms with Crippen LogP contribution in [-0.2, 0) is 9.59 Å². The van der Waals surface area contributed by atoms with Gasteiger partial charge in [0.2, 0.25) is 0 Å². The summed E-state index contributed by atoms with van der Waals surface area (Å²) in [4.78, 5) is 24.3. The van der Waals surface area contributed by atoms with Crippen molar-refractivity contribution in [1.82, 2.24) is 0 Å². The Kier molecular flexibility index (Phi) is 4.61. The average molecular weight is 323 g/mol. The Labute approximate surface area is 139 Å². The number of ether oxygens (including phenoxy) is 2. The van der Waals surface area contributed by atoms with Gasteiger partial charge in [-0.3, -0.25) is 9.59 Å². The van der Waals surface area contributed by atoms with E-state index in [0.29, 0.717) is 36.0 Å². The van der Waals surface area contributed by atoms with Gasteiger partial charge < -0.3 is 14.8 Å². The molecule has 5 nitrogen and oxygen atoms in total. The fourth-order valence-corrected chi connectivity index (χ4v) is 2.36. The van der Waals surface area contributed by atoms with Crippen molar-refractivity contribution in [1.29, 1.82) is 0 Å². The molecular weight excluding hydrogens is 306 g/mol. The number of para-hydroxylation sites is 1. The van der Waals surface area contributed by atoms with Crippen LogP contribution in [-0.4, -0.2) is 24.9 Å². The predicted molar refractivity (Wildman–Crippen MR) is 91.2 cm³/mol. The Morgan fingerprint density at radius 1 is 1.00 bits per heavy atom. The van der Waals surface area contributed by atoms with E-state index in [9.17, 15) is 9.59 Å². The molecule has 0 aromatic heterocycles. The number of Topliss-reactive ketones (excluding diaryl/α,β-unsaturated/α-hetero) is 1. The van der Waals surface area contributed by atoms with Gasteiger partial charge in [-0.2, -0.15) is 0 Å². The van der Waals surface area contributed by atoms with Gasteiger partial charge in [0.05, 0.1) is 5.57 Å². The highest BCUT2D eigenvalue weighted by Crippen LogP contribution is 2.31. The van der Waals surface area contributed by atoms with Crippen LogP contribution in [0.1, 0.15) is 12.5 Å². The molecule has 2 aromatic rings. The first-order chi connectivity index (χ1) is 11.6. The zero-order valence-electron chi connectivity index (χ0n) is 13.2. The van der Waals surface area contributed by atoms with Crippen LogP contribution in [0.4, 0.5) is 5.69 Å². The number of carbonyl (C=O) groups is 2. The minimum Gasteiger partial charge on any atom is -0.486 e. The highest BCUT2D eigenvalue weighted by atomic mass is 16.6. The second-order valence-corrected chi connectivity index (χ2v) is 5.34. The molecule has 3 rings (SSSR count). The smallest absolute Gasteiger partial charge is 0.259 e.